The topological polar surface area (TPSA) is 40.5 Å². The van der Waals surface area contributed by atoms with E-state index >= 15 is 0 Å². The lowest BCUT2D eigenvalue weighted by molar-refractivity contribution is -0.150. The molecule has 1 heterocycles. The predicted octanol–water partition coefficient (Wildman–Crippen LogP) is 2.46. The summed E-state index contributed by atoms with van der Waals surface area (Å²) < 4.78 is 0. The van der Waals surface area contributed by atoms with E-state index in [-0.39, 0.29) is 0 Å². The van der Waals surface area contributed by atoms with Crippen molar-refractivity contribution in [3.05, 3.63) is 0 Å². The Bertz CT molecular complexity index is 235. The van der Waals surface area contributed by atoms with Gasteiger partial charge in [-0.25, -0.2) is 0 Å². The van der Waals surface area contributed by atoms with Gasteiger partial charge in [0.1, 0.15) is 5.54 Å². The quantitative estimate of drug-likeness (QED) is 0.700. The van der Waals surface area contributed by atoms with Crippen LogP contribution in [0.5, 0.6) is 0 Å². The highest BCUT2D eigenvalue weighted by molar-refractivity contribution is 7.98. The first-order valence-corrected chi connectivity index (χ1v) is 7.54. The van der Waals surface area contributed by atoms with Crippen LogP contribution in [0.4, 0.5) is 0 Å². The summed E-state index contributed by atoms with van der Waals surface area (Å²) in [5.41, 5.74) is -0.548. The van der Waals surface area contributed by atoms with Gasteiger partial charge in [0.25, 0.3) is 0 Å². The molecule has 16 heavy (non-hydrogen) atoms. The molecule has 0 aromatic rings. The van der Waals surface area contributed by atoms with E-state index in [0.717, 1.165) is 50.9 Å². The van der Waals surface area contributed by atoms with Gasteiger partial charge in [0.2, 0.25) is 0 Å². The molecule has 1 aliphatic rings. The van der Waals surface area contributed by atoms with E-state index in [0.29, 0.717) is 0 Å². The number of hydrogen-bond donors (Lipinski definition) is 1. The molecule has 0 saturated carbocycles. The Kier molecular flexibility index (Phi) is 5.62. The molecule has 0 radical (unpaired) electrons. The van der Waals surface area contributed by atoms with Gasteiger partial charge < -0.3 is 5.11 Å². The van der Waals surface area contributed by atoms with Crippen molar-refractivity contribution in [1.82, 2.24) is 4.90 Å². The van der Waals surface area contributed by atoms with Gasteiger partial charge in [0.15, 0.2) is 0 Å². The third-order valence-electron chi connectivity index (χ3n) is 3.46. The maximum atomic E-state index is 11.5. The molecule has 1 aliphatic heterocycles. The van der Waals surface area contributed by atoms with E-state index in [1.807, 2.05) is 11.8 Å². The highest BCUT2D eigenvalue weighted by Crippen LogP contribution is 2.34. The van der Waals surface area contributed by atoms with Crippen molar-refractivity contribution >= 4 is 17.7 Å². The molecule has 1 fully saturated rings. The zero-order chi connectivity index (χ0) is 12.0. The Morgan fingerprint density at radius 3 is 2.88 bits per heavy atom. The summed E-state index contributed by atoms with van der Waals surface area (Å²) in [5.74, 6) is 0.509. The molecule has 0 aromatic heterocycles. The van der Waals surface area contributed by atoms with E-state index < -0.39 is 11.5 Å². The Hall–Kier alpha value is -0.220. The number of nitrogens with zero attached hydrogens (tertiary/aromatic N) is 1. The van der Waals surface area contributed by atoms with Crippen molar-refractivity contribution in [2.75, 3.05) is 25.1 Å². The second-order valence-electron chi connectivity index (χ2n) is 4.52. The van der Waals surface area contributed by atoms with E-state index in [1.165, 1.54) is 0 Å². The Balaban J connectivity index is 2.62. The maximum absolute atomic E-state index is 11.5. The summed E-state index contributed by atoms with van der Waals surface area (Å²) >= 11 is 1.83. The van der Waals surface area contributed by atoms with Crippen LogP contribution in [0.3, 0.4) is 0 Å². The number of carbonyl (C=O) groups is 1. The molecule has 1 N–H and O–H groups in total. The van der Waals surface area contributed by atoms with Crippen molar-refractivity contribution in [3.63, 3.8) is 0 Å². The molecule has 4 heteroatoms. The molecule has 0 aromatic carbocycles. The Morgan fingerprint density at radius 1 is 1.56 bits per heavy atom. The highest BCUT2D eigenvalue weighted by Gasteiger charge is 2.46. The third kappa shape index (κ3) is 2.92. The predicted molar refractivity (Wildman–Crippen MR) is 69.1 cm³/mol. The number of likely N-dealkylation sites (tertiary alicyclic amines) is 1. The minimum Gasteiger partial charge on any atom is -0.480 e. The summed E-state index contributed by atoms with van der Waals surface area (Å²) in [4.78, 5) is 13.7. The van der Waals surface area contributed by atoms with Gasteiger partial charge >= 0.3 is 5.97 Å². The first-order valence-electron chi connectivity index (χ1n) is 6.14. The molecule has 0 amide bonds. The Labute approximate surface area is 103 Å². The van der Waals surface area contributed by atoms with Crippen LogP contribution in [0.25, 0.3) is 0 Å². The second-order valence-corrected chi connectivity index (χ2v) is 5.51. The molecule has 0 aliphatic carbocycles. The summed E-state index contributed by atoms with van der Waals surface area (Å²) in [6.45, 7) is 3.97. The molecule has 94 valence electrons. The van der Waals surface area contributed by atoms with Crippen LogP contribution in [0, 0.1) is 0 Å². The summed E-state index contributed by atoms with van der Waals surface area (Å²) in [6.07, 6.45) is 6.80. The molecule has 1 atom stereocenters. The van der Waals surface area contributed by atoms with Crippen LogP contribution in [0.1, 0.15) is 39.0 Å². The fourth-order valence-corrected chi connectivity index (χ4v) is 3.12. The minimum atomic E-state index is -0.615. The summed E-state index contributed by atoms with van der Waals surface area (Å²) in [6, 6.07) is 0. The van der Waals surface area contributed by atoms with Crippen LogP contribution in [-0.2, 0) is 4.79 Å². The van der Waals surface area contributed by atoms with Crippen molar-refractivity contribution in [1.29, 1.82) is 0 Å². The molecule has 1 unspecified atom stereocenters. The monoisotopic (exact) mass is 245 g/mol. The normalized spacial score (nSPS) is 26.1. The van der Waals surface area contributed by atoms with E-state index in [2.05, 4.69) is 18.1 Å². The van der Waals surface area contributed by atoms with Crippen molar-refractivity contribution in [2.24, 2.45) is 0 Å². The van der Waals surface area contributed by atoms with Crippen molar-refractivity contribution < 1.29 is 9.90 Å². The molecule has 3 nitrogen and oxygen atoms in total. The first-order chi connectivity index (χ1) is 7.67. The van der Waals surface area contributed by atoms with Crippen molar-refractivity contribution in [2.45, 2.75) is 44.6 Å². The summed E-state index contributed by atoms with van der Waals surface area (Å²) in [7, 11) is 0. The molecular formula is C12H23NO2S. The zero-order valence-corrected chi connectivity index (χ0v) is 11.2. The number of hydrogen-bond acceptors (Lipinski definition) is 3. The van der Waals surface area contributed by atoms with Gasteiger partial charge in [-0.15, -0.1) is 0 Å². The van der Waals surface area contributed by atoms with Crippen molar-refractivity contribution in [3.8, 4) is 0 Å². The van der Waals surface area contributed by atoms with E-state index in [1.54, 1.807) is 0 Å². The zero-order valence-electron chi connectivity index (χ0n) is 10.4. The van der Waals surface area contributed by atoms with Gasteiger partial charge in [-0.1, -0.05) is 13.3 Å². The largest absolute Gasteiger partial charge is 0.480 e. The van der Waals surface area contributed by atoms with Gasteiger partial charge in [-0.3, -0.25) is 9.69 Å². The van der Waals surface area contributed by atoms with Gasteiger partial charge in [-0.2, -0.15) is 11.8 Å². The lowest BCUT2D eigenvalue weighted by Crippen LogP contribution is -2.50. The van der Waals surface area contributed by atoms with Gasteiger partial charge in [0, 0.05) is 6.54 Å². The first kappa shape index (κ1) is 13.8. The van der Waals surface area contributed by atoms with Crippen LogP contribution >= 0.6 is 11.8 Å². The van der Waals surface area contributed by atoms with Crippen LogP contribution < -0.4 is 0 Å². The van der Waals surface area contributed by atoms with E-state index in [9.17, 15) is 9.90 Å². The standard InChI is InChI=1S/C12H23NO2S/c1-3-6-12(11(14)15)7-4-8-13(12)9-5-10-16-2/h3-10H2,1-2H3,(H,14,15). The van der Waals surface area contributed by atoms with Gasteiger partial charge in [0.05, 0.1) is 0 Å². The van der Waals surface area contributed by atoms with Crippen LogP contribution in [0.15, 0.2) is 0 Å². The lowest BCUT2D eigenvalue weighted by atomic mass is 9.90. The summed E-state index contributed by atoms with van der Waals surface area (Å²) in [5, 5.41) is 9.47. The molecule has 1 saturated heterocycles. The van der Waals surface area contributed by atoms with Crippen LogP contribution in [0.2, 0.25) is 0 Å². The SMILES string of the molecule is CCCC1(C(=O)O)CCCN1CCCSC. The minimum absolute atomic E-state index is 0.548. The fourth-order valence-electron chi connectivity index (χ4n) is 2.71. The molecule has 1 rings (SSSR count). The smallest absolute Gasteiger partial charge is 0.324 e. The number of carboxylic acids is 1. The highest BCUT2D eigenvalue weighted by atomic mass is 32.2. The number of rotatable bonds is 7. The Morgan fingerprint density at radius 2 is 2.31 bits per heavy atom. The van der Waals surface area contributed by atoms with Gasteiger partial charge in [-0.05, 0) is 44.2 Å². The molecule has 0 spiro atoms. The number of thioether (sulfide) groups is 1. The van der Waals surface area contributed by atoms with E-state index in [4.69, 9.17) is 0 Å². The molecular weight excluding hydrogens is 222 g/mol. The van der Waals surface area contributed by atoms with Crippen LogP contribution in [-0.4, -0.2) is 46.6 Å². The average molecular weight is 245 g/mol. The second kappa shape index (κ2) is 6.50. The third-order valence-corrected chi connectivity index (χ3v) is 4.16. The molecule has 0 bridgehead atoms. The average Bonchev–Trinajstić information content (AvgIpc) is 2.64. The number of aliphatic carboxylic acids is 1. The maximum Gasteiger partial charge on any atom is 0.324 e. The number of carboxylic acid groups (broad SMARTS) is 1. The fraction of sp³-hybridized carbons (Fsp3) is 0.917. The lowest BCUT2D eigenvalue weighted by Gasteiger charge is -2.34.